The van der Waals surface area contributed by atoms with E-state index in [1.165, 1.54) is 11.1 Å². The summed E-state index contributed by atoms with van der Waals surface area (Å²) in [5.41, 5.74) is 4.54. The molecule has 0 radical (unpaired) electrons. The summed E-state index contributed by atoms with van der Waals surface area (Å²) in [6, 6.07) is 12.4. The van der Waals surface area contributed by atoms with Gasteiger partial charge in [-0.25, -0.2) is 19.9 Å². The Labute approximate surface area is 150 Å². The first-order valence-corrected chi connectivity index (χ1v) is 9.59. The second-order valence-corrected chi connectivity index (χ2v) is 7.24. The lowest BCUT2D eigenvalue weighted by molar-refractivity contribution is 0.931. The summed E-state index contributed by atoms with van der Waals surface area (Å²) in [6.07, 6.45) is 3.61. The van der Waals surface area contributed by atoms with Crippen LogP contribution in [0.3, 0.4) is 0 Å². The quantitative estimate of drug-likeness (QED) is 0.481. The molecule has 0 atom stereocenters. The van der Waals surface area contributed by atoms with Gasteiger partial charge in [-0.1, -0.05) is 47.8 Å². The largest absolute Gasteiger partial charge is 0.231 e. The molecule has 0 saturated carbocycles. The second-order valence-electron chi connectivity index (χ2n) is 5.36. The molecule has 2 heterocycles. The van der Waals surface area contributed by atoms with Crippen molar-refractivity contribution in [2.75, 3.05) is 0 Å². The fourth-order valence-corrected chi connectivity index (χ4v) is 3.73. The first kappa shape index (κ1) is 16.9. The van der Waals surface area contributed by atoms with Gasteiger partial charge in [-0.3, -0.25) is 0 Å². The molecule has 3 rings (SSSR count). The second kappa shape index (κ2) is 8.26. The van der Waals surface area contributed by atoms with Gasteiger partial charge < -0.3 is 0 Å². The molecule has 2 aromatic heterocycles. The highest BCUT2D eigenvalue weighted by molar-refractivity contribution is 7.98. The molecule has 3 aromatic rings. The average Bonchev–Trinajstić information content (AvgIpc) is 2.59. The Bertz CT molecular complexity index is 759. The van der Waals surface area contributed by atoms with Gasteiger partial charge in [0.2, 0.25) is 0 Å². The number of nitrogens with zero attached hydrogens (tertiary/aromatic N) is 4. The molecular weight excluding hydrogens is 336 g/mol. The van der Waals surface area contributed by atoms with Crippen LogP contribution in [0.2, 0.25) is 0 Å². The van der Waals surface area contributed by atoms with Crippen LogP contribution in [0, 0.1) is 13.8 Å². The molecule has 0 amide bonds. The van der Waals surface area contributed by atoms with Crippen molar-refractivity contribution in [1.29, 1.82) is 0 Å². The van der Waals surface area contributed by atoms with E-state index in [0.29, 0.717) is 0 Å². The number of benzene rings is 1. The van der Waals surface area contributed by atoms with Crippen LogP contribution >= 0.6 is 23.5 Å². The highest BCUT2D eigenvalue weighted by atomic mass is 32.2. The van der Waals surface area contributed by atoms with Crippen LogP contribution in [0.1, 0.15) is 22.5 Å². The van der Waals surface area contributed by atoms with Gasteiger partial charge in [-0.05, 0) is 37.1 Å². The zero-order chi connectivity index (χ0) is 16.8. The molecule has 1 aromatic carbocycles. The average molecular weight is 355 g/mol. The Morgan fingerprint density at radius 3 is 1.71 bits per heavy atom. The first-order chi connectivity index (χ1) is 11.7. The van der Waals surface area contributed by atoms with Gasteiger partial charge in [0.25, 0.3) is 0 Å². The minimum Gasteiger partial charge on any atom is -0.231 e. The third-order valence-corrected chi connectivity index (χ3v) is 5.14. The molecule has 122 valence electrons. The molecule has 6 heteroatoms. The Kier molecular flexibility index (Phi) is 5.82. The van der Waals surface area contributed by atoms with Crippen LogP contribution in [0.25, 0.3) is 0 Å². The Morgan fingerprint density at radius 2 is 1.25 bits per heavy atom. The van der Waals surface area contributed by atoms with Crippen molar-refractivity contribution < 1.29 is 0 Å². The fourth-order valence-electron chi connectivity index (χ4n) is 2.10. The van der Waals surface area contributed by atoms with Gasteiger partial charge in [0.1, 0.15) is 0 Å². The summed E-state index contributed by atoms with van der Waals surface area (Å²) in [4.78, 5) is 17.4. The molecule has 24 heavy (non-hydrogen) atoms. The Hall–Kier alpha value is -1.92. The minimum absolute atomic E-state index is 0.822. The normalized spacial score (nSPS) is 10.8. The van der Waals surface area contributed by atoms with Crippen molar-refractivity contribution >= 4 is 23.5 Å². The van der Waals surface area contributed by atoms with E-state index in [4.69, 9.17) is 0 Å². The predicted octanol–water partition coefficient (Wildman–Crippen LogP) is 4.47. The molecule has 0 aliphatic rings. The Balaban J connectivity index is 1.59. The van der Waals surface area contributed by atoms with E-state index in [0.717, 1.165) is 33.2 Å². The van der Waals surface area contributed by atoms with E-state index >= 15 is 0 Å². The van der Waals surface area contributed by atoms with Crippen molar-refractivity contribution in [3.63, 3.8) is 0 Å². The van der Waals surface area contributed by atoms with E-state index < -0.39 is 0 Å². The smallest absolute Gasteiger partial charge is 0.188 e. The van der Waals surface area contributed by atoms with Gasteiger partial charge >= 0.3 is 0 Å². The molecule has 0 saturated heterocycles. The minimum atomic E-state index is 0.822. The van der Waals surface area contributed by atoms with Crippen LogP contribution < -0.4 is 0 Å². The lowest BCUT2D eigenvalue weighted by Gasteiger charge is -2.05. The van der Waals surface area contributed by atoms with Crippen molar-refractivity contribution in [3.05, 3.63) is 71.3 Å². The monoisotopic (exact) mass is 354 g/mol. The number of hydrogen-bond donors (Lipinski definition) is 0. The summed E-state index contributed by atoms with van der Waals surface area (Å²) in [5, 5.41) is 1.64. The summed E-state index contributed by atoms with van der Waals surface area (Å²) in [7, 11) is 0. The van der Waals surface area contributed by atoms with E-state index in [-0.39, 0.29) is 0 Å². The third kappa shape index (κ3) is 5.04. The van der Waals surface area contributed by atoms with E-state index in [2.05, 4.69) is 44.2 Å². The third-order valence-electron chi connectivity index (χ3n) is 3.27. The Morgan fingerprint density at radius 1 is 0.750 bits per heavy atom. The van der Waals surface area contributed by atoms with Gasteiger partial charge in [0.15, 0.2) is 10.3 Å². The number of rotatable bonds is 6. The SMILES string of the molecule is Cc1ccnc(SCc2cccc(CSc3nccc(C)n3)c2)n1. The lowest BCUT2D eigenvalue weighted by Crippen LogP contribution is -1.91. The molecule has 0 fully saturated rings. The van der Waals surface area contributed by atoms with Gasteiger partial charge in [0, 0.05) is 35.3 Å². The molecule has 0 bridgehead atoms. The standard InChI is InChI=1S/C18H18N4S2/c1-13-6-8-19-17(21-13)23-11-15-4-3-5-16(10-15)12-24-18-20-9-7-14(2)22-18/h3-10H,11-12H2,1-2H3. The van der Waals surface area contributed by atoms with Gasteiger partial charge in [-0.2, -0.15) is 0 Å². The molecule has 0 N–H and O–H groups in total. The highest BCUT2D eigenvalue weighted by Crippen LogP contribution is 2.23. The number of aryl methyl sites for hydroxylation is 2. The molecule has 4 nitrogen and oxygen atoms in total. The highest BCUT2D eigenvalue weighted by Gasteiger charge is 2.03. The van der Waals surface area contributed by atoms with E-state index in [9.17, 15) is 0 Å². The number of aromatic nitrogens is 4. The number of hydrogen-bond acceptors (Lipinski definition) is 6. The lowest BCUT2D eigenvalue weighted by atomic mass is 10.2. The van der Waals surface area contributed by atoms with Crippen molar-refractivity contribution in [3.8, 4) is 0 Å². The zero-order valence-electron chi connectivity index (χ0n) is 13.6. The summed E-state index contributed by atoms with van der Waals surface area (Å²) >= 11 is 3.32. The maximum Gasteiger partial charge on any atom is 0.188 e. The molecular formula is C18H18N4S2. The van der Waals surface area contributed by atoms with Crippen LogP contribution in [-0.2, 0) is 11.5 Å². The molecule has 0 spiro atoms. The van der Waals surface area contributed by atoms with Crippen LogP contribution in [0.15, 0.2) is 59.1 Å². The summed E-state index contributed by atoms with van der Waals surface area (Å²) in [5.74, 6) is 1.73. The topological polar surface area (TPSA) is 51.6 Å². The van der Waals surface area contributed by atoms with Crippen LogP contribution in [0.5, 0.6) is 0 Å². The molecule has 0 unspecified atom stereocenters. The van der Waals surface area contributed by atoms with Crippen molar-refractivity contribution in [2.45, 2.75) is 35.7 Å². The fraction of sp³-hybridized carbons (Fsp3) is 0.222. The van der Waals surface area contributed by atoms with E-state index in [1.54, 1.807) is 35.9 Å². The van der Waals surface area contributed by atoms with Crippen LogP contribution in [0.4, 0.5) is 0 Å². The van der Waals surface area contributed by atoms with Crippen LogP contribution in [-0.4, -0.2) is 19.9 Å². The van der Waals surface area contributed by atoms with Crippen molar-refractivity contribution in [1.82, 2.24) is 19.9 Å². The van der Waals surface area contributed by atoms with Gasteiger partial charge in [-0.15, -0.1) is 0 Å². The predicted molar refractivity (Wildman–Crippen MR) is 99.1 cm³/mol. The number of thioether (sulfide) groups is 2. The zero-order valence-corrected chi connectivity index (χ0v) is 15.3. The summed E-state index contributed by atoms with van der Waals surface area (Å²) < 4.78 is 0. The molecule has 0 aliphatic heterocycles. The van der Waals surface area contributed by atoms with E-state index in [1.807, 2.05) is 26.0 Å². The van der Waals surface area contributed by atoms with Crippen molar-refractivity contribution in [2.24, 2.45) is 0 Å². The maximum atomic E-state index is 4.43. The summed E-state index contributed by atoms with van der Waals surface area (Å²) in [6.45, 7) is 3.97. The molecule has 0 aliphatic carbocycles. The maximum absolute atomic E-state index is 4.43. The van der Waals surface area contributed by atoms with Gasteiger partial charge in [0.05, 0.1) is 0 Å². The first-order valence-electron chi connectivity index (χ1n) is 7.62.